The average molecular weight is 397 g/mol. The molecule has 3 unspecified atom stereocenters. The van der Waals surface area contributed by atoms with Gasteiger partial charge < -0.3 is 9.64 Å². The molecule has 3 atom stereocenters. The number of hydrogen-bond donors (Lipinski definition) is 0. The van der Waals surface area contributed by atoms with Crippen LogP contribution >= 0.6 is 0 Å². The van der Waals surface area contributed by atoms with Gasteiger partial charge in [-0.15, -0.1) is 0 Å². The highest BCUT2D eigenvalue weighted by Crippen LogP contribution is 2.30. The smallest absolute Gasteiger partial charge is 0.0589 e. The lowest BCUT2D eigenvalue weighted by molar-refractivity contribution is 0.0678. The lowest BCUT2D eigenvalue weighted by atomic mass is 9.83. The van der Waals surface area contributed by atoms with Crippen molar-refractivity contribution in [3.63, 3.8) is 0 Å². The minimum atomic E-state index is 0.770. The van der Waals surface area contributed by atoms with E-state index < -0.39 is 0 Å². The Kier molecular flexibility index (Phi) is 12.9. The summed E-state index contributed by atoms with van der Waals surface area (Å²) in [6.07, 6.45) is 6.88. The van der Waals surface area contributed by atoms with Gasteiger partial charge in [0.2, 0.25) is 0 Å². The van der Waals surface area contributed by atoms with Crippen LogP contribution in [-0.4, -0.2) is 62.3 Å². The van der Waals surface area contributed by atoms with Crippen molar-refractivity contribution in [1.29, 1.82) is 0 Å². The zero-order valence-corrected chi connectivity index (χ0v) is 20.5. The van der Waals surface area contributed by atoms with E-state index >= 15 is 0 Å². The topological polar surface area (TPSA) is 15.7 Å². The van der Waals surface area contributed by atoms with Gasteiger partial charge in [0.05, 0.1) is 6.61 Å². The molecule has 0 aromatic rings. The fourth-order valence-corrected chi connectivity index (χ4v) is 4.92. The highest BCUT2D eigenvalue weighted by Gasteiger charge is 2.30. The van der Waals surface area contributed by atoms with Crippen LogP contribution in [0, 0.1) is 29.6 Å². The molecule has 28 heavy (non-hydrogen) atoms. The molecule has 0 aromatic heterocycles. The van der Waals surface area contributed by atoms with Gasteiger partial charge in [-0.1, -0.05) is 48.5 Å². The molecule has 0 N–H and O–H groups in total. The van der Waals surface area contributed by atoms with Crippen LogP contribution in [0.4, 0.5) is 0 Å². The van der Waals surface area contributed by atoms with Crippen molar-refractivity contribution < 1.29 is 4.74 Å². The van der Waals surface area contributed by atoms with Gasteiger partial charge in [-0.2, -0.15) is 0 Å². The van der Waals surface area contributed by atoms with Crippen LogP contribution in [0.25, 0.3) is 0 Å². The molecule has 1 heterocycles. The number of ether oxygens (including phenoxy) is 1. The maximum absolute atomic E-state index is 5.36. The van der Waals surface area contributed by atoms with Crippen molar-refractivity contribution in [1.82, 2.24) is 9.80 Å². The maximum atomic E-state index is 5.36. The first kappa shape index (κ1) is 25.9. The Labute approximate surface area is 177 Å². The summed E-state index contributed by atoms with van der Waals surface area (Å²) in [6, 6.07) is 0.818. The molecule has 0 bridgehead atoms. The van der Waals surface area contributed by atoms with Crippen molar-refractivity contribution in [2.24, 2.45) is 29.6 Å². The largest absolute Gasteiger partial charge is 0.383 e. The standard InChI is InChI=1S/C25H52N2O/c1-20(2)11-12-26(13-14-28-8)18-23(7)16-24-9-10-25(15-21(3)4)27(19-24)17-22(5)6/h20-25H,9-19H2,1-8H3. The zero-order valence-electron chi connectivity index (χ0n) is 20.5. The molecule has 1 rings (SSSR count). The predicted molar refractivity (Wildman–Crippen MR) is 124 cm³/mol. The summed E-state index contributed by atoms with van der Waals surface area (Å²) in [6.45, 7) is 23.6. The molecule has 0 aliphatic carbocycles. The van der Waals surface area contributed by atoms with Gasteiger partial charge in [0.1, 0.15) is 0 Å². The summed E-state index contributed by atoms with van der Waals surface area (Å²) in [4.78, 5) is 5.48. The van der Waals surface area contributed by atoms with E-state index in [0.717, 1.165) is 48.8 Å². The Morgan fingerprint density at radius 1 is 0.893 bits per heavy atom. The Balaban J connectivity index is 2.54. The minimum absolute atomic E-state index is 0.770. The van der Waals surface area contributed by atoms with E-state index in [2.05, 4.69) is 58.3 Å². The molecule has 1 saturated heterocycles. The van der Waals surface area contributed by atoms with Crippen molar-refractivity contribution in [3.05, 3.63) is 0 Å². The fourth-order valence-electron chi connectivity index (χ4n) is 4.92. The SMILES string of the molecule is COCCN(CCC(C)C)CC(C)CC1CCC(CC(C)C)N(CC(C)C)C1. The normalized spacial score (nSPS) is 22.7. The second kappa shape index (κ2) is 14.0. The van der Waals surface area contributed by atoms with Crippen molar-refractivity contribution in [3.8, 4) is 0 Å². The van der Waals surface area contributed by atoms with Gasteiger partial charge >= 0.3 is 0 Å². The van der Waals surface area contributed by atoms with Gasteiger partial charge in [-0.25, -0.2) is 0 Å². The summed E-state index contributed by atoms with van der Waals surface area (Å²) in [7, 11) is 1.82. The fraction of sp³-hybridized carbons (Fsp3) is 1.00. The van der Waals surface area contributed by atoms with Crippen LogP contribution in [0.3, 0.4) is 0 Å². The summed E-state index contributed by atoms with van der Waals surface area (Å²) in [5, 5.41) is 0. The number of rotatable bonds is 14. The third-order valence-electron chi connectivity index (χ3n) is 6.20. The first-order chi connectivity index (χ1) is 13.2. The Morgan fingerprint density at radius 3 is 2.18 bits per heavy atom. The summed E-state index contributed by atoms with van der Waals surface area (Å²) in [5.74, 6) is 4.01. The molecule has 3 nitrogen and oxygen atoms in total. The summed E-state index contributed by atoms with van der Waals surface area (Å²) >= 11 is 0. The quantitative estimate of drug-likeness (QED) is 0.369. The molecule has 168 valence electrons. The lowest BCUT2D eigenvalue weighted by Crippen LogP contribution is -2.46. The average Bonchev–Trinajstić information content (AvgIpc) is 2.58. The number of nitrogens with zero attached hydrogens (tertiary/aromatic N) is 2. The Morgan fingerprint density at radius 2 is 1.61 bits per heavy atom. The van der Waals surface area contributed by atoms with E-state index in [4.69, 9.17) is 4.74 Å². The monoisotopic (exact) mass is 396 g/mol. The molecule has 0 amide bonds. The molecular weight excluding hydrogens is 344 g/mol. The number of likely N-dealkylation sites (tertiary alicyclic amines) is 1. The highest BCUT2D eigenvalue weighted by molar-refractivity contribution is 4.84. The molecule has 0 saturated carbocycles. The van der Waals surface area contributed by atoms with Gasteiger partial charge in [-0.3, -0.25) is 4.90 Å². The van der Waals surface area contributed by atoms with E-state index in [1.54, 1.807) is 0 Å². The van der Waals surface area contributed by atoms with Gasteiger partial charge in [0, 0.05) is 39.3 Å². The van der Waals surface area contributed by atoms with E-state index in [1.807, 2.05) is 7.11 Å². The third-order valence-corrected chi connectivity index (χ3v) is 6.20. The minimum Gasteiger partial charge on any atom is -0.383 e. The van der Waals surface area contributed by atoms with E-state index in [9.17, 15) is 0 Å². The third kappa shape index (κ3) is 11.2. The van der Waals surface area contributed by atoms with Gasteiger partial charge in [-0.05, 0) is 68.2 Å². The van der Waals surface area contributed by atoms with E-state index in [1.165, 1.54) is 58.3 Å². The van der Waals surface area contributed by atoms with Crippen LogP contribution in [0.1, 0.15) is 80.6 Å². The van der Waals surface area contributed by atoms with Crippen LogP contribution in [0.5, 0.6) is 0 Å². The molecule has 1 aliphatic heterocycles. The van der Waals surface area contributed by atoms with Crippen molar-refractivity contribution in [2.45, 2.75) is 86.6 Å². The van der Waals surface area contributed by atoms with Crippen LogP contribution in [-0.2, 0) is 4.74 Å². The lowest BCUT2D eigenvalue weighted by Gasteiger charge is -2.42. The molecule has 0 radical (unpaired) electrons. The number of piperidine rings is 1. The van der Waals surface area contributed by atoms with Crippen LogP contribution < -0.4 is 0 Å². The second-order valence-corrected chi connectivity index (χ2v) is 10.9. The number of methoxy groups -OCH3 is 1. The second-order valence-electron chi connectivity index (χ2n) is 10.9. The molecule has 3 heteroatoms. The first-order valence-corrected chi connectivity index (χ1v) is 12.2. The Hall–Kier alpha value is -0.120. The summed E-state index contributed by atoms with van der Waals surface area (Å²) in [5.41, 5.74) is 0. The molecular formula is C25H52N2O. The molecule has 1 fully saturated rings. The van der Waals surface area contributed by atoms with Crippen molar-refractivity contribution >= 4 is 0 Å². The highest BCUT2D eigenvalue weighted by atomic mass is 16.5. The Bertz CT molecular complexity index is 383. The maximum Gasteiger partial charge on any atom is 0.0589 e. The van der Waals surface area contributed by atoms with Crippen molar-refractivity contribution in [2.75, 3.05) is 46.4 Å². The first-order valence-electron chi connectivity index (χ1n) is 12.2. The molecule has 1 aliphatic rings. The molecule has 0 spiro atoms. The van der Waals surface area contributed by atoms with Gasteiger partial charge in [0.25, 0.3) is 0 Å². The van der Waals surface area contributed by atoms with E-state index in [-0.39, 0.29) is 0 Å². The number of hydrogen-bond acceptors (Lipinski definition) is 3. The zero-order chi connectivity index (χ0) is 21.1. The van der Waals surface area contributed by atoms with Crippen LogP contribution in [0.2, 0.25) is 0 Å². The molecule has 0 aromatic carbocycles. The predicted octanol–water partition coefficient (Wildman–Crippen LogP) is 5.79. The summed E-state index contributed by atoms with van der Waals surface area (Å²) < 4.78 is 5.36. The van der Waals surface area contributed by atoms with Gasteiger partial charge in [0.15, 0.2) is 0 Å². The van der Waals surface area contributed by atoms with Crippen LogP contribution in [0.15, 0.2) is 0 Å². The van der Waals surface area contributed by atoms with E-state index in [0.29, 0.717) is 0 Å².